The van der Waals surface area contributed by atoms with Crippen molar-refractivity contribution in [2.75, 3.05) is 17.7 Å². The van der Waals surface area contributed by atoms with E-state index in [2.05, 4.69) is 25.9 Å². The minimum absolute atomic E-state index is 0.0547. The first-order valence-corrected chi connectivity index (χ1v) is 10.2. The number of nitrogens with zero attached hydrogens (tertiary/aromatic N) is 5. The van der Waals surface area contributed by atoms with Crippen molar-refractivity contribution in [2.24, 2.45) is 0 Å². The number of imidazole rings is 1. The van der Waals surface area contributed by atoms with Gasteiger partial charge in [-0.25, -0.2) is 24.3 Å². The van der Waals surface area contributed by atoms with Crippen molar-refractivity contribution < 1.29 is 9.53 Å². The number of anilines is 3. The van der Waals surface area contributed by atoms with Crippen LogP contribution in [0, 0.1) is 0 Å². The van der Waals surface area contributed by atoms with Crippen LogP contribution < -0.4 is 16.0 Å². The van der Waals surface area contributed by atoms with Gasteiger partial charge in [0.15, 0.2) is 5.65 Å². The van der Waals surface area contributed by atoms with E-state index in [0.717, 1.165) is 40.9 Å². The molecule has 2 aliphatic rings. The molecule has 10 nitrogen and oxygen atoms in total. The normalized spacial score (nSPS) is 20.5. The summed E-state index contributed by atoms with van der Waals surface area (Å²) in [7, 11) is 1.81. The van der Waals surface area contributed by atoms with Gasteiger partial charge in [0.1, 0.15) is 23.2 Å². The Morgan fingerprint density at radius 1 is 1.19 bits per heavy atom. The molecule has 1 aliphatic heterocycles. The highest BCUT2D eigenvalue weighted by molar-refractivity contribution is 5.95. The van der Waals surface area contributed by atoms with E-state index in [9.17, 15) is 4.79 Å². The number of hydrogen-bond donors (Lipinski definition) is 3. The summed E-state index contributed by atoms with van der Waals surface area (Å²) in [6.45, 7) is 0.348. The lowest BCUT2D eigenvalue weighted by atomic mass is 9.89. The molecule has 5 heterocycles. The fourth-order valence-corrected chi connectivity index (χ4v) is 4.07. The van der Waals surface area contributed by atoms with Gasteiger partial charge in [0, 0.05) is 19.3 Å². The zero-order valence-electron chi connectivity index (χ0n) is 16.8. The SMILES string of the molecule is CNc1cc2nc3c1ncn3C(=O)N[C@@H]1CC[C@H]1OCc1cc(c3ncccc3n1)N2. The van der Waals surface area contributed by atoms with Gasteiger partial charge in [0.25, 0.3) is 0 Å². The van der Waals surface area contributed by atoms with Gasteiger partial charge in [-0.2, -0.15) is 0 Å². The van der Waals surface area contributed by atoms with Crippen LogP contribution in [0.4, 0.5) is 22.0 Å². The van der Waals surface area contributed by atoms with Crippen molar-refractivity contribution >= 4 is 45.4 Å². The van der Waals surface area contributed by atoms with E-state index < -0.39 is 0 Å². The molecule has 1 fully saturated rings. The van der Waals surface area contributed by atoms with Gasteiger partial charge in [0.2, 0.25) is 0 Å². The standard InChI is InChI=1S/C21H20N8O2/c1-22-14-8-17-26-15-7-11(25-13-3-2-6-23-18(13)15)9-31-16-5-4-12(16)27-21(30)29-10-24-19(14)20(29)28-17/h2-3,6-8,10,12,16H,4-5,9H2,1H3,(H,27,30)(H2,22,26,28)/t12-,16-/m1/s1. The van der Waals surface area contributed by atoms with Crippen molar-refractivity contribution in [1.82, 2.24) is 29.8 Å². The van der Waals surface area contributed by atoms with Gasteiger partial charge in [-0.05, 0) is 31.0 Å². The predicted octanol–water partition coefficient (Wildman–Crippen LogP) is 2.78. The van der Waals surface area contributed by atoms with E-state index in [1.807, 2.05) is 31.3 Å². The van der Waals surface area contributed by atoms with E-state index in [-0.39, 0.29) is 18.2 Å². The Kier molecular flexibility index (Phi) is 4.00. The summed E-state index contributed by atoms with van der Waals surface area (Å²) in [5.41, 5.74) is 4.92. The Labute approximate surface area is 177 Å². The number of ether oxygens (including phenoxy) is 1. The molecule has 0 aromatic carbocycles. The van der Waals surface area contributed by atoms with Crippen LogP contribution >= 0.6 is 0 Å². The smallest absolute Gasteiger partial charge is 0.328 e. The molecule has 1 aliphatic carbocycles. The maximum Gasteiger partial charge on any atom is 0.328 e. The molecule has 0 spiro atoms. The largest absolute Gasteiger partial charge is 0.386 e. The third kappa shape index (κ3) is 2.95. The molecule has 0 saturated heterocycles. The lowest BCUT2D eigenvalue weighted by Crippen LogP contribution is -2.52. The molecular formula is C21H20N8O2. The Balaban J connectivity index is 1.56. The molecule has 0 unspecified atom stereocenters. The third-order valence-corrected chi connectivity index (χ3v) is 5.84. The van der Waals surface area contributed by atoms with Crippen LogP contribution in [0.3, 0.4) is 0 Å². The van der Waals surface area contributed by atoms with Crippen molar-refractivity contribution in [3.05, 3.63) is 42.5 Å². The number of aromatic nitrogens is 5. The monoisotopic (exact) mass is 416 g/mol. The highest BCUT2D eigenvalue weighted by Gasteiger charge is 2.34. The summed E-state index contributed by atoms with van der Waals surface area (Å²) in [6, 6.07) is 7.26. The topological polar surface area (TPSA) is 119 Å². The molecule has 1 amide bonds. The van der Waals surface area contributed by atoms with Crippen LogP contribution in [0.15, 0.2) is 36.8 Å². The summed E-state index contributed by atoms with van der Waals surface area (Å²) < 4.78 is 7.53. The lowest BCUT2D eigenvalue weighted by Gasteiger charge is -2.36. The van der Waals surface area contributed by atoms with E-state index in [0.29, 0.717) is 23.6 Å². The fourth-order valence-electron chi connectivity index (χ4n) is 4.07. The van der Waals surface area contributed by atoms with Gasteiger partial charge in [-0.1, -0.05) is 0 Å². The average Bonchev–Trinajstić information content (AvgIpc) is 3.20. The Morgan fingerprint density at radius 3 is 2.97 bits per heavy atom. The quantitative estimate of drug-likeness (QED) is 0.433. The number of carbonyl (C=O) groups excluding carboxylic acids is 1. The van der Waals surface area contributed by atoms with Crippen LogP contribution in [-0.2, 0) is 11.3 Å². The van der Waals surface area contributed by atoms with Crippen LogP contribution in [0.25, 0.3) is 22.2 Å². The molecule has 4 bridgehead atoms. The minimum atomic E-state index is -0.270. The van der Waals surface area contributed by atoms with Gasteiger partial charge >= 0.3 is 6.03 Å². The summed E-state index contributed by atoms with van der Waals surface area (Å²) in [4.78, 5) is 31.2. The van der Waals surface area contributed by atoms with Crippen LogP contribution in [0.2, 0.25) is 0 Å². The van der Waals surface area contributed by atoms with Gasteiger partial charge < -0.3 is 20.7 Å². The first-order chi connectivity index (χ1) is 15.2. The predicted molar refractivity (Wildman–Crippen MR) is 115 cm³/mol. The lowest BCUT2D eigenvalue weighted by molar-refractivity contribution is -0.0334. The van der Waals surface area contributed by atoms with Crippen LogP contribution in [0.1, 0.15) is 18.5 Å². The Hall–Kier alpha value is -3.79. The first kappa shape index (κ1) is 18.0. The summed E-state index contributed by atoms with van der Waals surface area (Å²) >= 11 is 0. The average molecular weight is 416 g/mol. The second-order valence-electron chi connectivity index (χ2n) is 7.73. The minimum Gasteiger partial charge on any atom is -0.386 e. The molecule has 2 atom stereocenters. The van der Waals surface area contributed by atoms with Crippen molar-refractivity contribution in [3.8, 4) is 0 Å². The van der Waals surface area contributed by atoms with Gasteiger partial charge in [-0.15, -0.1) is 0 Å². The molecule has 31 heavy (non-hydrogen) atoms. The fraction of sp³-hybridized carbons (Fsp3) is 0.286. The Bertz CT molecular complexity index is 1330. The number of carbonyl (C=O) groups is 1. The van der Waals surface area contributed by atoms with E-state index in [1.165, 1.54) is 10.9 Å². The summed E-state index contributed by atoms with van der Waals surface area (Å²) in [6.07, 6.45) is 4.94. The molecule has 1 saturated carbocycles. The van der Waals surface area contributed by atoms with E-state index >= 15 is 0 Å². The third-order valence-electron chi connectivity index (χ3n) is 5.84. The number of nitrogens with one attached hydrogen (secondary N) is 3. The maximum absolute atomic E-state index is 12.9. The van der Waals surface area contributed by atoms with Crippen molar-refractivity contribution in [1.29, 1.82) is 0 Å². The molecule has 4 aromatic heterocycles. The highest BCUT2D eigenvalue weighted by atomic mass is 16.5. The molecule has 6 rings (SSSR count). The van der Waals surface area contributed by atoms with Crippen molar-refractivity contribution in [3.63, 3.8) is 0 Å². The molecule has 3 N–H and O–H groups in total. The van der Waals surface area contributed by atoms with Gasteiger partial charge in [0.05, 0.1) is 41.3 Å². The number of pyridine rings is 3. The zero-order chi connectivity index (χ0) is 20.9. The molecule has 0 radical (unpaired) electrons. The molecular weight excluding hydrogens is 396 g/mol. The summed E-state index contributed by atoms with van der Waals surface area (Å²) in [5.74, 6) is 0.565. The van der Waals surface area contributed by atoms with E-state index in [4.69, 9.17) is 14.7 Å². The second-order valence-corrected chi connectivity index (χ2v) is 7.73. The van der Waals surface area contributed by atoms with E-state index in [1.54, 1.807) is 6.20 Å². The number of rotatable bonds is 1. The van der Waals surface area contributed by atoms with Crippen LogP contribution in [0.5, 0.6) is 0 Å². The van der Waals surface area contributed by atoms with Crippen molar-refractivity contribution in [2.45, 2.75) is 31.6 Å². The first-order valence-electron chi connectivity index (χ1n) is 10.2. The molecule has 10 heteroatoms. The highest BCUT2D eigenvalue weighted by Crippen LogP contribution is 2.30. The van der Waals surface area contributed by atoms with Gasteiger partial charge in [-0.3, -0.25) is 4.98 Å². The number of amides is 1. The van der Waals surface area contributed by atoms with Crippen LogP contribution in [-0.4, -0.2) is 49.7 Å². The maximum atomic E-state index is 12.9. The molecule has 156 valence electrons. The number of fused-ring (bicyclic) bond motifs is 6. The summed E-state index contributed by atoms with van der Waals surface area (Å²) in [5, 5.41) is 9.55. The zero-order valence-corrected chi connectivity index (χ0v) is 16.8. The Morgan fingerprint density at radius 2 is 2.13 bits per heavy atom. The number of hydrogen-bond acceptors (Lipinski definition) is 8. The molecule has 4 aromatic rings. The second kappa shape index (κ2) is 6.88.